The Kier molecular flexibility index (Phi) is 3.35. The van der Waals surface area contributed by atoms with Gasteiger partial charge in [0, 0.05) is 18.3 Å². The molecule has 1 aromatic heterocycles. The number of aliphatic carboxylic acids is 1. The van der Waals surface area contributed by atoms with E-state index in [2.05, 4.69) is 4.98 Å². The van der Waals surface area contributed by atoms with Gasteiger partial charge in [-0.1, -0.05) is 11.6 Å². The highest BCUT2D eigenvalue weighted by Crippen LogP contribution is 2.22. The summed E-state index contributed by atoms with van der Waals surface area (Å²) < 4.78 is 0. The van der Waals surface area contributed by atoms with E-state index >= 15 is 0 Å². The lowest BCUT2D eigenvalue weighted by molar-refractivity contribution is -0.385. The average molecular weight is 229 g/mol. The van der Waals surface area contributed by atoms with Gasteiger partial charge in [-0.05, 0) is 11.6 Å². The van der Waals surface area contributed by atoms with Crippen LogP contribution in [-0.2, 0) is 4.79 Å². The van der Waals surface area contributed by atoms with E-state index < -0.39 is 10.9 Å². The number of pyridine rings is 1. The van der Waals surface area contributed by atoms with Crippen LogP contribution in [0.15, 0.2) is 18.3 Å². The van der Waals surface area contributed by atoms with Gasteiger partial charge in [0.1, 0.15) is 0 Å². The topological polar surface area (TPSA) is 93.3 Å². The van der Waals surface area contributed by atoms with Gasteiger partial charge in [0.05, 0.1) is 4.92 Å². The fourth-order valence-electron chi connectivity index (χ4n) is 0.839. The van der Waals surface area contributed by atoms with Crippen molar-refractivity contribution in [3.05, 3.63) is 39.2 Å². The first-order valence-electron chi connectivity index (χ1n) is 3.71. The molecule has 0 radical (unpaired) electrons. The van der Waals surface area contributed by atoms with Crippen molar-refractivity contribution in [1.29, 1.82) is 0 Å². The maximum atomic E-state index is 10.5. The molecule has 7 heteroatoms. The van der Waals surface area contributed by atoms with Gasteiger partial charge in [-0.3, -0.25) is 10.1 Å². The summed E-state index contributed by atoms with van der Waals surface area (Å²) in [4.78, 5) is 23.5. The Hall–Kier alpha value is -1.95. The van der Waals surface area contributed by atoms with E-state index in [-0.39, 0.29) is 10.8 Å². The molecule has 0 saturated heterocycles. The number of hydrogen-bond donors (Lipinski definition) is 1. The number of hydrogen-bond acceptors (Lipinski definition) is 4. The number of carboxylic acid groups (broad SMARTS) is 1. The fourth-order valence-corrected chi connectivity index (χ4v) is 1.01. The van der Waals surface area contributed by atoms with Gasteiger partial charge in [-0.15, -0.1) is 0 Å². The normalized spacial score (nSPS) is 10.5. The highest BCUT2D eigenvalue weighted by atomic mass is 35.5. The third kappa shape index (κ3) is 3.03. The molecule has 0 bridgehead atoms. The summed E-state index contributed by atoms with van der Waals surface area (Å²) in [7, 11) is 0. The molecular weight excluding hydrogens is 224 g/mol. The summed E-state index contributed by atoms with van der Waals surface area (Å²) in [5.41, 5.74) is -0.0577. The Morgan fingerprint density at radius 3 is 2.87 bits per heavy atom. The Labute approximate surface area is 89.0 Å². The van der Waals surface area contributed by atoms with Crippen LogP contribution < -0.4 is 0 Å². The van der Waals surface area contributed by atoms with Crippen LogP contribution >= 0.6 is 11.6 Å². The van der Waals surface area contributed by atoms with E-state index in [1.807, 2.05) is 0 Å². The molecule has 15 heavy (non-hydrogen) atoms. The van der Waals surface area contributed by atoms with Crippen LogP contribution in [0.5, 0.6) is 0 Å². The molecule has 0 aliphatic rings. The Balaban J connectivity index is 3.08. The predicted octanol–water partition coefficient (Wildman–Crippen LogP) is 1.74. The van der Waals surface area contributed by atoms with Crippen LogP contribution in [-0.4, -0.2) is 21.0 Å². The molecule has 78 valence electrons. The Bertz CT molecular complexity index is 444. The molecule has 0 spiro atoms. The van der Waals surface area contributed by atoms with E-state index in [1.165, 1.54) is 12.3 Å². The van der Waals surface area contributed by atoms with Gasteiger partial charge < -0.3 is 5.11 Å². The van der Waals surface area contributed by atoms with Crippen molar-refractivity contribution in [2.24, 2.45) is 0 Å². The van der Waals surface area contributed by atoms with Crippen molar-refractivity contribution in [3.8, 4) is 0 Å². The van der Waals surface area contributed by atoms with Gasteiger partial charge >= 0.3 is 11.7 Å². The SMILES string of the molecule is O=C(O)C=Cc1cnc(Cl)c([N+](=O)[O-])c1. The summed E-state index contributed by atoms with van der Waals surface area (Å²) in [6.45, 7) is 0. The third-order valence-electron chi connectivity index (χ3n) is 1.46. The molecule has 0 aromatic carbocycles. The highest BCUT2D eigenvalue weighted by Gasteiger charge is 2.13. The third-order valence-corrected chi connectivity index (χ3v) is 1.75. The molecule has 0 saturated carbocycles. The second kappa shape index (κ2) is 4.52. The molecule has 0 amide bonds. The first kappa shape index (κ1) is 11.1. The Morgan fingerprint density at radius 2 is 2.33 bits per heavy atom. The molecular formula is C8H5ClN2O4. The molecule has 0 fully saturated rings. The first-order chi connectivity index (χ1) is 7.00. The van der Waals surface area contributed by atoms with Crippen LogP contribution in [0, 0.1) is 10.1 Å². The monoisotopic (exact) mass is 228 g/mol. The summed E-state index contributed by atoms with van der Waals surface area (Å²) in [5.74, 6) is -1.15. The molecule has 0 aliphatic heterocycles. The van der Waals surface area contributed by atoms with Gasteiger partial charge in [0.15, 0.2) is 0 Å². The van der Waals surface area contributed by atoms with Gasteiger partial charge in [0.25, 0.3) is 0 Å². The minimum atomic E-state index is -1.15. The zero-order valence-corrected chi connectivity index (χ0v) is 8.01. The van der Waals surface area contributed by atoms with Crippen molar-refractivity contribution in [1.82, 2.24) is 4.98 Å². The van der Waals surface area contributed by atoms with E-state index in [1.54, 1.807) is 0 Å². The number of nitro groups is 1. The molecule has 1 heterocycles. The number of nitrogens with zero attached hydrogens (tertiary/aromatic N) is 2. The van der Waals surface area contributed by atoms with Crippen LogP contribution in [0.25, 0.3) is 6.08 Å². The lowest BCUT2D eigenvalue weighted by Gasteiger charge is -1.95. The largest absolute Gasteiger partial charge is 0.478 e. The quantitative estimate of drug-likeness (QED) is 0.368. The molecule has 6 nitrogen and oxygen atoms in total. The van der Waals surface area contributed by atoms with Crippen molar-refractivity contribution in [2.75, 3.05) is 0 Å². The molecule has 0 unspecified atom stereocenters. The lowest BCUT2D eigenvalue weighted by atomic mass is 10.2. The number of carbonyl (C=O) groups is 1. The van der Waals surface area contributed by atoms with E-state index in [0.29, 0.717) is 5.56 Å². The molecule has 1 aromatic rings. The van der Waals surface area contributed by atoms with Gasteiger partial charge in [-0.2, -0.15) is 0 Å². The van der Waals surface area contributed by atoms with Crippen LogP contribution in [0.2, 0.25) is 5.15 Å². The van der Waals surface area contributed by atoms with E-state index in [0.717, 1.165) is 12.1 Å². The smallest absolute Gasteiger partial charge is 0.328 e. The molecule has 0 atom stereocenters. The zero-order valence-electron chi connectivity index (χ0n) is 7.25. The first-order valence-corrected chi connectivity index (χ1v) is 4.09. The standard InChI is InChI=1S/C8H5ClN2O4/c9-8-6(11(14)15)3-5(4-10-8)1-2-7(12)13/h1-4H,(H,12,13). The number of halogens is 1. The van der Waals surface area contributed by atoms with E-state index in [9.17, 15) is 14.9 Å². The molecule has 1 N–H and O–H groups in total. The molecule has 0 aliphatic carbocycles. The minimum Gasteiger partial charge on any atom is -0.478 e. The van der Waals surface area contributed by atoms with Crippen LogP contribution in [0.3, 0.4) is 0 Å². The lowest BCUT2D eigenvalue weighted by Crippen LogP contribution is -1.92. The number of aromatic nitrogens is 1. The summed E-state index contributed by atoms with van der Waals surface area (Å²) in [5, 5.41) is 18.6. The maximum Gasteiger partial charge on any atom is 0.328 e. The van der Waals surface area contributed by atoms with Gasteiger partial charge in [0.2, 0.25) is 5.15 Å². The average Bonchev–Trinajstić information content (AvgIpc) is 2.16. The van der Waals surface area contributed by atoms with Crippen molar-refractivity contribution in [2.45, 2.75) is 0 Å². The maximum absolute atomic E-state index is 10.5. The fraction of sp³-hybridized carbons (Fsp3) is 0. The number of rotatable bonds is 3. The summed E-state index contributed by atoms with van der Waals surface area (Å²) >= 11 is 5.46. The van der Waals surface area contributed by atoms with Gasteiger partial charge in [-0.25, -0.2) is 9.78 Å². The van der Waals surface area contributed by atoms with Crippen molar-refractivity contribution < 1.29 is 14.8 Å². The Morgan fingerprint density at radius 1 is 1.67 bits per heavy atom. The second-order valence-corrected chi connectivity index (χ2v) is 2.87. The van der Waals surface area contributed by atoms with Crippen LogP contribution in [0.4, 0.5) is 5.69 Å². The van der Waals surface area contributed by atoms with Crippen LogP contribution in [0.1, 0.15) is 5.56 Å². The predicted molar refractivity (Wildman–Crippen MR) is 52.6 cm³/mol. The minimum absolute atomic E-state index is 0.229. The van der Waals surface area contributed by atoms with Crippen molar-refractivity contribution in [3.63, 3.8) is 0 Å². The summed E-state index contributed by atoms with van der Waals surface area (Å²) in [6.07, 6.45) is 3.29. The molecule has 1 rings (SSSR count). The summed E-state index contributed by atoms with van der Waals surface area (Å²) in [6, 6.07) is 1.15. The highest BCUT2D eigenvalue weighted by molar-refractivity contribution is 6.31. The zero-order chi connectivity index (χ0) is 11.4. The number of carboxylic acids is 1. The van der Waals surface area contributed by atoms with E-state index in [4.69, 9.17) is 16.7 Å². The van der Waals surface area contributed by atoms with Crippen molar-refractivity contribution >= 4 is 29.3 Å². The second-order valence-electron chi connectivity index (χ2n) is 2.51.